The number of aliphatic hydroxyl groups is 2. The highest BCUT2D eigenvalue weighted by Gasteiger charge is 2.58. The van der Waals surface area contributed by atoms with Gasteiger partial charge in [-0.15, -0.1) is 11.8 Å². The zero-order chi connectivity index (χ0) is 22.4. The molecule has 3 aliphatic heterocycles. The molecule has 166 valence electrons. The van der Waals surface area contributed by atoms with Crippen LogP contribution in [0.5, 0.6) is 0 Å². The van der Waals surface area contributed by atoms with Crippen molar-refractivity contribution in [2.24, 2.45) is 11.8 Å². The SMILES string of the molecule is C[C@@H](O)[C@H]1C(=O)N2C(C(=S)OCc3ccc([N+](=O)[O-])cc3)=C(C3CS(=O)CC3O)SC12. The number of fused-ring (bicyclic) bond motifs is 1. The Kier molecular flexibility index (Phi) is 6.19. The molecule has 3 aliphatic rings. The van der Waals surface area contributed by atoms with Crippen molar-refractivity contribution in [3.05, 3.63) is 50.5 Å². The van der Waals surface area contributed by atoms with Crippen molar-refractivity contribution < 1.29 is 28.9 Å². The number of hydrogen-bond donors (Lipinski definition) is 2. The van der Waals surface area contributed by atoms with Crippen molar-refractivity contribution in [3.63, 3.8) is 0 Å². The highest BCUT2D eigenvalue weighted by atomic mass is 32.2. The Morgan fingerprint density at radius 2 is 2.10 bits per heavy atom. The number of rotatable bonds is 6. The van der Waals surface area contributed by atoms with E-state index in [1.165, 1.54) is 28.8 Å². The number of ether oxygens (including phenoxy) is 1. The number of nitro groups is 1. The van der Waals surface area contributed by atoms with Gasteiger partial charge in [0.25, 0.3) is 5.69 Å². The summed E-state index contributed by atoms with van der Waals surface area (Å²) < 4.78 is 17.7. The Morgan fingerprint density at radius 3 is 2.65 bits per heavy atom. The van der Waals surface area contributed by atoms with Crippen LogP contribution in [-0.2, 0) is 26.9 Å². The highest BCUT2D eigenvalue weighted by molar-refractivity contribution is 8.04. The molecule has 0 saturated carbocycles. The first kappa shape index (κ1) is 22.3. The lowest BCUT2D eigenvalue weighted by atomic mass is 9.91. The minimum Gasteiger partial charge on any atom is -0.477 e. The summed E-state index contributed by atoms with van der Waals surface area (Å²) in [6.07, 6.45) is -1.64. The van der Waals surface area contributed by atoms with Crippen LogP contribution in [-0.4, -0.2) is 64.3 Å². The summed E-state index contributed by atoms with van der Waals surface area (Å²) in [4.78, 5) is 25.1. The van der Waals surface area contributed by atoms with E-state index in [4.69, 9.17) is 17.0 Å². The van der Waals surface area contributed by atoms with E-state index < -0.39 is 39.8 Å². The van der Waals surface area contributed by atoms with Crippen LogP contribution in [0.15, 0.2) is 34.9 Å². The number of aliphatic hydroxyl groups excluding tert-OH is 2. The van der Waals surface area contributed by atoms with E-state index in [9.17, 15) is 29.3 Å². The molecule has 4 rings (SSSR count). The van der Waals surface area contributed by atoms with Gasteiger partial charge in [-0.1, -0.05) is 0 Å². The van der Waals surface area contributed by atoms with E-state index in [1.807, 2.05) is 0 Å². The summed E-state index contributed by atoms with van der Waals surface area (Å²) in [5.74, 6) is -0.843. The van der Waals surface area contributed by atoms with Crippen molar-refractivity contribution in [3.8, 4) is 0 Å². The van der Waals surface area contributed by atoms with Crippen LogP contribution < -0.4 is 0 Å². The van der Waals surface area contributed by atoms with Crippen LogP contribution in [0, 0.1) is 22.0 Å². The number of non-ortho nitro benzene ring substituents is 1. The lowest BCUT2D eigenvalue weighted by Gasteiger charge is -2.44. The van der Waals surface area contributed by atoms with E-state index in [1.54, 1.807) is 19.1 Å². The molecule has 2 fully saturated rings. The van der Waals surface area contributed by atoms with Gasteiger partial charge in [0.05, 0.1) is 28.8 Å². The zero-order valence-electron chi connectivity index (χ0n) is 16.4. The number of nitro benzene ring substituents is 1. The largest absolute Gasteiger partial charge is 0.477 e. The van der Waals surface area contributed by atoms with Gasteiger partial charge in [0, 0.05) is 39.5 Å². The van der Waals surface area contributed by atoms with Crippen LogP contribution in [0.3, 0.4) is 0 Å². The predicted octanol–water partition coefficient (Wildman–Crippen LogP) is 1.30. The molecular weight excluding hydrogens is 464 g/mol. The van der Waals surface area contributed by atoms with Crippen LogP contribution in [0.2, 0.25) is 0 Å². The predicted molar refractivity (Wildman–Crippen MR) is 118 cm³/mol. The van der Waals surface area contributed by atoms with Gasteiger partial charge in [0.1, 0.15) is 17.7 Å². The number of nitrogens with zero attached hydrogens (tertiary/aromatic N) is 2. The number of benzene rings is 1. The lowest BCUT2D eigenvalue weighted by Crippen LogP contribution is -2.60. The summed E-state index contributed by atoms with van der Waals surface area (Å²) in [5.41, 5.74) is 1.01. The van der Waals surface area contributed by atoms with Gasteiger partial charge in [-0.25, -0.2) is 0 Å². The second-order valence-electron chi connectivity index (χ2n) is 7.64. The second-order valence-corrected chi connectivity index (χ2v) is 10.7. The fraction of sp³-hybridized carbons (Fsp3) is 0.474. The summed E-state index contributed by atoms with van der Waals surface area (Å²) in [7, 11) is -1.16. The van der Waals surface area contributed by atoms with E-state index in [2.05, 4.69) is 0 Å². The van der Waals surface area contributed by atoms with Gasteiger partial charge >= 0.3 is 0 Å². The van der Waals surface area contributed by atoms with Gasteiger partial charge in [0.15, 0.2) is 0 Å². The second kappa shape index (κ2) is 8.58. The van der Waals surface area contributed by atoms with Gasteiger partial charge in [-0.2, -0.15) is 0 Å². The summed E-state index contributed by atoms with van der Waals surface area (Å²) >= 11 is 6.82. The van der Waals surface area contributed by atoms with Crippen molar-refractivity contribution in [2.75, 3.05) is 11.5 Å². The Hall–Kier alpha value is -1.86. The molecule has 2 N–H and O–H groups in total. The van der Waals surface area contributed by atoms with E-state index in [0.29, 0.717) is 16.2 Å². The zero-order valence-corrected chi connectivity index (χ0v) is 18.8. The number of amides is 1. The van der Waals surface area contributed by atoms with Crippen LogP contribution in [0.4, 0.5) is 5.69 Å². The number of thioether (sulfide) groups is 1. The smallest absolute Gasteiger partial charge is 0.269 e. The van der Waals surface area contributed by atoms with E-state index in [-0.39, 0.29) is 40.1 Å². The molecule has 0 spiro atoms. The summed E-state index contributed by atoms with van der Waals surface area (Å²) in [5, 5.41) is 30.9. The molecule has 9 nitrogen and oxygen atoms in total. The van der Waals surface area contributed by atoms with Crippen molar-refractivity contribution in [1.29, 1.82) is 0 Å². The first-order chi connectivity index (χ1) is 14.7. The third-order valence-corrected chi connectivity index (χ3v) is 8.81. The quantitative estimate of drug-likeness (QED) is 0.265. The average molecular weight is 485 g/mol. The highest BCUT2D eigenvalue weighted by Crippen LogP contribution is 2.54. The fourth-order valence-corrected chi connectivity index (χ4v) is 7.69. The van der Waals surface area contributed by atoms with Gasteiger partial charge in [-0.05, 0) is 36.8 Å². The van der Waals surface area contributed by atoms with Crippen LogP contribution >= 0.6 is 24.0 Å². The van der Waals surface area contributed by atoms with E-state index in [0.717, 1.165) is 0 Å². The Morgan fingerprint density at radius 1 is 1.42 bits per heavy atom. The van der Waals surface area contributed by atoms with Crippen molar-refractivity contribution >= 4 is 51.4 Å². The summed E-state index contributed by atoms with van der Waals surface area (Å²) in [6.45, 7) is 1.60. The molecule has 31 heavy (non-hydrogen) atoms. The van der Waals surface area contributed by atoms with Crippen LogP contribution in [0.25, 0.3) is 0 Å². The Balaban J connectivity index is 1.56. The van der Waals surface area contributed by atoms with Crippen molar-refractivity contribution in [1.82, 2.24) is 4.90 Å². The molecule has 1 amide bonds. The Bertz CT molecular complexity index is 995. The lowest BCUT2D eigenvalue weighted by molar-refractivity contribution is -0.384. The maximum atomic E-state index is 12.7. The molecule has 12 heteroatoms. The Labute approximate surface area is 190 Å². The molecule has 1 aromatic carbocycles. The first-order valence-electron chi connectivity index (χ1n) is 9.54. The maximum Gasteiger partial charge on any atom is 0.269 e. The minimum atomic E-state index is -1.16. The molecule has 0 radical (unpaired) electrons. The number of carbonyl (C=O) groups is 1. The molecule has 1 aromatic rings. The van der Waals surface area contributed by atoms with Crippen molar-refractivity contribution in [2.45, 2.75) is 31.1 Å². The number of carbonyl (C=O) groups excluding carboxylic acids is 1. The molecule has 3 heterocycles. The average Bonchev–Trinajstić information content (AvgIpc) is 3.22. The third kappa shape index (κ3) is 4.02. The third-order valence-electron chi connectivity index (χ3n) is 5.56. The molecule has 6 atom stereocenters. The standard InChI is InChI=1S/C19H20N2O7S3/c1-9(22)14-17(24)20-15(16(30-18(14)20)12-7-31(27)8-13(12)23)19(29)28-6-10-2-4-11(5-3-10)21(25)26/h2-5,9,12-14,18,22-23H,6-8H2,1H3/t9-,12?,13?,14+,18?,31?/m1/s1. The fourth-order valence-electron chi connectivity index (χ4n) is 3.93. The van der Waals surface area contributed by atoms with Gasteiger partial charge < -0.3 is 14.9 Å². The number of thiocarbonyl (C=S) groups is 1. The van der Waals surface area contributed by atoms with Gasteiger partial charge in [-0.3, -0.25) is 24.0 Å². The molecular formula is C19H20N2O7S3. The molecule has 0 aromatic heterocycles. The molecule has 4 unspecified atom stereocenters. The topological polar surface area (TPSA) is 130 Å². The van der Waals surface area contributed by atoms with Crippen LogP contribution in [0.1, 0.15) is 12.5 Å². The molecule has 0 bridgehead atoms. The summed E-state index contributed by atoms with van der Waals surface area (Å²) in [6, 6.07) is 5.85. The maximum absolute atomic E-state index is 12.7. The minimum absolute atomic E-state index is 0.0371. The van der Waals surface area contributed by atoms with Gasteiger partial charge in [0.2, 0.25) is 11.0 Å². The molecule has 0 aliphatic carbocycles. The monoisotopic (exact) mass is 484 g/mol. The number of β-lactam (4-membered cyclic amide) rings is 1. The van der Waals surface area contributed by atoms with E-state index >= 15 is 0 Å². The normalized spacial score (nSPS) is 30.7. The first-order valence-corrected chi connectivity index (χ1v) is 12.3. The number of hydrogen-bond acceptors (Lipinski definition) is 9. The molecule has 2 saturated heterocycles.